The van der Waals surface area contributed by atoms with Crippen LogP contribution in [0.5, 0.6) is 0 Å². The predicted octanol–water partition coefficient (Wildman–Crippen LogP) is 2.25. The van der Waals surface area contributed by atoms with E-state index in [0.29, 0.717) is 0 Å². The average Bonchev–Trinajstić information content (AvgIpc) is 1.97. The molecule has 0 aromatic rings. The summed E-state index contributed by atoms with van der Waals surface area (Å²) >= 11 is 11.6. The van der Waals surface area contributed by atoms with E-state index in [1.165, 1.54) is 0 Å². The van der Waals surface area contributed by atoms with Gasteiger partial charge in [0.05, 0.1) is 0 Å². The van der Waals surface area contributed by atoms with Crippen molar-refractivity contribution in [2.75, 3.05) is 0 Å². The smallest absolute Gasteiger partial charge is 0.167 e. The Balaban J connectivity index is 0. The molecule has 0 bridgehead atoms. The Labute approximate surface area is 105 Å². The van der Waals surface area contributed by atoms with Gasteiger partial charge in [0, 0.05) is 21.1 Å². The van der Waals surface area contributed by atoms with Gasteiger partial charge in [0.2, 0.25) is 0 Å². The molecule has 84 valence electrons. The van der Waals surface area contributed by atoms with Crippen molar-refractivity contribution in [3.63, 3.8) is 0 Å². The predicted molar refractivity (Wildman–Crippen MR) is 54.7 cm³/mol. The van der Waals surface area contributed by atoms with E-state index in [4.69, 9.17) is 34.7 Å². The zero-order chi connectivity index (χ0) is 9.78. The van der Waals surface area contributed by atoms with E-state index < -0.39 is 4.46 Å². The second kappa shape index (κ2) is 7.48. The Bertz CT molecular complexity index is 124. The average molecular weight is 407 g/mol. The third-order valence-electron chi connectivity index (χ3n) is 2.17. The molecule has 0 aliphatic carbocycles. The maximum atomic E-state index is 5.82. The molecule has 2 unspecified atom stereocenters. The van der Waals surface area contributed by atoms with Gasteiger partial charge >= 0.3 is 0 Å². The number of halogens is 2. The minimum atomic E-state index is -1.18. The molecule has 0 spiro atoms. The summed E-state index contributed by atoms with van der Waals surface area (Å²) in [7, 11) is 0. The van der Waals surface area contributed by atoms with E-state index in [1.54, 1.807) is 6.54 Å². The SMILES string of the molecule is CCC([CH-]N)C(CC)C(N)(Cl)Cl.[Pt]. The molecule has 0 aromatic heterocycles. The standard InChI is InChI=1S/C8H17Cl2N2.Pt/c1-3-6(5-11)7(4-2)8(9,10)12;/h5-7H,3-4,11-12H2,1-2H3;/q-1;. The topological polar surface area (TPSA) is 52.0 Å². The molecule has 2 nitrogen and oxygen atoms in total. The van der Waals surface area contributed by atoms with Crippen molar-refractivity contribution in [2.45, 2.75) is 31.1 Å². The fraction of sp³-hybridized carbons (Fsp3) is 0.875. The van der Waals surface area contributed by atoms with Crippen LogP contribution in [0.3, 0.4) is 0 Å². The third kappa shape index (κ3) is 5.59. The zero-order valence-electron chi connectivity index (χ0n) is 7.87. The number of nitrogens with two attached hydrogens (primary N) is 2. The van der Waals surface area contributed by atoms with Crippen molar-refractivity contribution in [3.8, 4) is 0 Å². The summed E-state index contributed by atoms with van der Waals surface area (Å²) < 4.78 is -1.18. The van der Waals surface area contributed by atoms with Gasteiger partial charge < -0.3 is 11.5 Å². The molecule has 0 aromatic carbocycles. The molecule has 0 radical (unpaired) electrons. The first-order valence-electron chi connectivity index (χ1n) is 4.19. The van der Waals surface area contributed by atoms with Crippen LogP contribution in [0.15, 0.2) is 0 Å². The minimum absolute atomic E-state index is 0. The molecule has 0 saturated heterocycles. The van der Waals surface area contributed by atoms with Crippen LogP contribution in [0.1, 0.15) is 26.7 Å². The number of alkyl halides is 2. The van der Waals surface area contributed by atoms with Crippen LogP contribution in [0.4, 0.5) is 0 Å². The summed E-state index contributed by atoms with van der Waals surface area (Å²) in [6.07, 6.45) is 1.74. The summed E-state index contributed by atoms with van der Waals surface area (Å²) in [6.45, 7) is 5.67. The monoisotopic (exact) mass is 406 g/mol. The third-order valence-corrected chi connectivity index (χ3v) is 2.73. The molecule has 4 N–H and O–H groups in total. The van der Waals surface area contributed by atoms with Gasteiger partial charge in [-0.05, 0) is 5.92 Å². The quantitative estimate of drug-likeness (QED) is 0.418. The molecule has 2 atom stereocenters. The summed E-state index contributed by atoms with van der Waals surface area (Å²) in [5, 5.41) is 0. The van der Waals surface area contributed by atoms with Crippen molar-refractivity contribution in [1.29, 1.82) is 0 Å². The summed E-state index contributed by atoms with van der Waals surface area (Å²) in [5.74, 6) is 0.214. The van der Waals surface area contributed by atoms with Crippen molar-refractivity contribution in [2.24, 2.45) is 23.3 Å². The van der Waals surface area contributed by atoms with Gasteiger partial charge in [0.15, 0.2) is 4.46 Å². The second-order valence-electron chi connectivity index (χ2n) is 2.95. The fourth-order valence-corrected chi connectivity index (χ4v) is 2.05. The molecule has 0 amide bonds. The van der Waals surface area contributed by atoms with Gasteiger partial charge in [-0.2, -0.15) is 0 Å². The van der Waals surface area contributed by atoms with Crippen molar-refractivity contribution < 1.29 is 21.1 Å². The van der Waals surface area contributed by atoms with Gasteiger partial charge in [-0.15, -0.1) is 5.92 Å². The second-order valence-corrected chi connectivity index (χ2v) is 4.40. The molecule has 0 saturated carbocycles. The Morgan fingerprint density at radius 1 is 1.31 bits per heavy atom. The Hall–Kier alpha value is 1.19. The van der Waals surface area contributed by atoms with Gasteiger partial charge in [-0.3, -0.25) is 6.54 Å². The molecular weight excluding hydrogens is 390 g/mol. The van der Waals surface area contributed by atoms with Crippen LogP contribution in [0.25, 0.3) is 0 Å². The molecule has 0 aliphatic heterocycles. The molecule has 5 heteroatoms. The van der Waals surface area contributed by atoms with Gasteiger partial charge in [-0.1, -0.05) is 49.9 Å². The maximum Gasteiger partial charge on any atom is 0.167 e. The van der Waals surface area contributed by atoms with Crippen molar-refractivity contribution in [1.82, 2.24) is 0 Å². The first kappa shape index (κ1) is 16.6. The van der Waals surface area contributed by atoms with E-state index in [2.05, 4.69) is 0 Å². The van der Waals surface area contributed by atoms with E-state index >= 15 is 0 Å². The van der Waals surface area contributed by atoms with Gasteiger partial charge in [-0.25, -0.2) is 0 Å². The van der Waals surface area contributed by atoms with Gasteiger partial charge in [0.25, 0.3) is 0 Å². The van der Waals surface area contributed by atoms with E-state index in [0.717, 1.165) is 12.8 Å². The Morgan fingerprint density at radius 2 is 1.77 bits per heavy atom. The molecule has 0 rings (SSSR count). The summed E-state index contributed by atoms with van der Waals surface area (Å²) in [6, 6.07) is 0. The summed E-state index contributed by atoms with van der Waals surface area (Å²) in [5.41, 5.74) is 11.1. The number of hydrogen-bond donors (Lipinski definition) is 2. The van der Waals surface area contributed by atoms with Crippen LogP contribution >= 0.6 is 23.2 Å². The van der Waals surface area contributed by atoms with E-state index in [1.807, 2.05) is 13.8 Å². The summed E-state index contributed by atoms with van der Waals surface area (Å²) in [4.78, 5) is 0. The van der Waals surface area contributed by atoms with Crippen molar-refractivity contribution in [3.05, 3.63) is 6.54 Å². The Morgan fingerprint density at radius 3 is 1.85 bits per heavy atom. The van der Waals surface area contributed by atoms with Crippen LogP contribution in [-0.2, 0) is 21.1 Å². The van der Waals surface area contributed by atoms with E-state index in [9.17, 15) is 0 Å². The molecule has 0 aliphatic rings. The fourth-order valence-electron chi connectivity index (χ4n) is 1.42. The first-order chi connectivity index (χ1) is 5.47. The van der Waals surface area contributed by atoms with Crippen LogP contribution in [0, 0.1) is 18.4 Å². The van der Waals surface area contributed by atoms with Crippen LogP contribution < -0.4 is 11.5 Å². The molecule has 13 heavy (non-hydrogen) atoms. The van der Waals surface area contributed by atoms with Crippen LogP contribution in [-0.4, -0.2) is 4.46 Å². The number of rotatable bonds is 5. The molecule has 0 heterocycles. The number of hydrogen-bond acceptors (Lipinski definition) is 2. The van der Waals surface area contributed by atoms with Crippen molar-refractivity contribution >= 4 is 23.2 Å². The Kier molecular flexibility index (Phi) is 9.55. The van der Waals surface area contributed by atoms with Crippen LogP contribution in [0.2, 0.25) is 0 Å². The first-order valence-corrected chi connectivity index (χ1v) is 4.94. The molecular formula is C8H17Cl2N2Pt-. The maximum absolute atomic E-state index is 5.82. The molecule has 0 fully saturated rings. The zero-order valence-corrected chi connectivity index (χ0v) is 11.7. The minimum Gasteiger partial charge on any atom is -0.483 e. The normalized spacial score (nSPS) is 16.2. The van der Waals surface area contributed by atoms with Gasteiger partial charge in [0.1, 0.15) is 0 Å². The largest absolute Gasteiger partial charge is 0.483 e. The van der Waals surface area contributed by atoms with E-state index in [-0.39, 0.29) is 32.9 Å².